The third-order valence-corrected chi connectivity index (χ3v) is 3.35. The lowest BCUT2D eigenvalue weighted by Crippen LogP contribution is -2.37. The van der Waals surface area contributed by atoms with Gasteiger partial charge >= 0.3 is 5.97 Å². The van der Waals surface area contributed by atoms with Gasteiger partial charge in [0, 0.05) is 0 Å². The van der Waals surface area contributed by atoms with E-state index in [0.717, 1.165) is 0 Å². The van der Waals surface area contributed by atoms with E-state index in [1.165, 1.54) is 24.5 Å². The van der Waals surface area contributed by atoms with Gasteiger partial charge in [0.05, 0.1) is 6.26 Å². The van der Waals surface area contributed by atoms with E-state index in [0.29, 0.717) is 17.1 Å². The lowest BCUT2D eigenvalue weighted by Gasteiger charge is -2.09. The van der Waals surface area contributed by atoms with Crippen LogP contribution in [0.5, 0.6) is 11.5 Å². The lowest BCUT2D eigenvalue weighted by atomic mass is 10.1. The minimum absolute atomic E-state index is 0.00706. The highest BCUT2D eigenvalue weighted by Crippen LogP contribution is 2.33. The Balaban J connectivity index is 1.85. The van der Waals surface area contributed by atoms with E-state index >= 15 is 0 Å². The minimum Gasteiger partial charge on any atom is -0.480 e. The molecule has 0 spiro atoms. The summed E-state index contributed by atoms with van der Waals surface area (Å²) in [4.78, 5) is 35.1. The van der Waals surface area contributed by atoms with Crippen molar-refractivity contribution in [2.75, 3.05) is 13.3 Å². The largest absolute Gasteiger partial charge is 0.480 e. The van der Waals surface area contributed by atoms with Crippen molar-refractivity contribution >= 4 is 23.9 Å². The van der Waals surface area contributed by atoms with Gasteiger partial charge in [-0.25, -0.2) is 0 Å². The van der Waals surface area contributed by atoms with Crippen LogP contribution in [0.15, 0.2) is 46.7 Å². The van der Waals surface area contributed by atoms with Crippen molar-refractivity contribution in [3.63, 3.8) is 0 Å². The number of rotatable bonds is 6. The fourth-order valence-corrected chi connectivity index (χ4v) is 2.17. The van der Waals surface area contributed by atoms with E-state index in [4.69, 9.17) is 19.0 Å². The molecule has 3 rings (SSSR count). The van der Waals surface area contributed by atoms with Gasteiger partial charge in [0.15, 0.2) is 17.3 Å². The highest BCUT2D eigenvalue weighted by Gasteiger charge is 2.18. The van der Waals surface area contributed by atoms with Crippen molar-refractivity contribution in [1.82, 2.24) is 10.6 Å². The average Bonchev–Trinajstić information content (AvgIpc) is 3.29. The molecular weight excluding hydrogens is 344 g/mol. The van der Waals surface area contributed by atoms with Gasteiger partial charge in [-0.15, -0.1) is 0 Å². The topological polar surface area (TPSA) is 127 Å². The Kier molecular flexibility index (Phi) is 4.88. The molecule has 9 heteroatoms. The van der Waals surface area contributed by atoms with Gasteiger partial charge in [0.2, 0.25) is 6.79 Å². The zero-order valence-electron chi connectivity index (χ0n) is 13.4. The van der Waals surface area contributed by atoms with Crippen molar-refractivity contribution < 1.29 is 33.4 Å². The summed E-state index contributed by atoms with van der Waals surface area (Å²) in [5.74, 6) is -1.54. The first-order chi connectivity index (χ1) is 12.5. The molecule has 9 nitrogen and oxygen atoms in total. The summed E-state index contributed by atoms with van der Waals surface area (Å²) in [5, 5.41) is 13.3. The standard InChI is InChI=1S/C17H14N2O7/c20-15(21)8-18-16(22)11(19-17(23)13-2-1-5-24-13)6-10-3-4-12-14(7-10)26-9-25-12/h1-7H,8-9H2,(H,18,22)(H,19,23)(H,20,21)/b11-6+. The highest BCUT2D eigenvalue weighted by atomic mass is 16.7. The SMILES string of the molecule is O=C(O)CNC(=O)/C(=C\c1ccc2c(c1)OCO2)NC(=O)c1ccco1. The molecule has 0 saturated carbocycles. The van der Waals surface area contributed by atoms with Crippen molar-refractivity contribution in [1.29, 1.82) is 0 Å². The Hall–Kier alpha value is -3.75. The second-order valence-electron chi connectivity index (χ2n) is 5.18. The Morgan fingerprint density at radius 2 is 1.96 bits per heavy atom. The first-order valence-electron chi connectivity index (χ1n) is 7.49. The van der Waals surface area contributed by atoms with E-state index in [-0.39, 0.29) is 18.3 Å². The van der Waals surface area contributed by atoms with Crippen LogP contribution in [0.3, 0.4) is 0 Å². The summed E-state index contributed by atoms with van der Waals surface area (Å²) in [6.45, 7) is -0.488. The molecule has 134 valence electrons. The summed E-state index contributed by atoms with van der Waals surface area (Å²) < 4.78 is 15.5. The van der Waals surface area contributed by atoms with Crippen LogP contribution in [0.2, 0.25) is 0 Å². The van der Waals surface area contributed by atoms with Gasteiger partial charge in [-0.05, 0) is 35.9 Å². The molecule has 0 unspecified atom stereocenters. The van der Waals surface area contributed by atoms with E-state index in [9.17, 15) is 14.4 Å². The maximum absolute atomic E-state index is 12.2. The summed E-state index contributed by atoms with van der Waals surface area (Å²) >= 11 is 0. The van der Waals surface area contributed by atoms with E-state index in [1.54, 1.807) is 18.2 Å². The van der Waals surface area contributed by atoms with Gasteiger partial charge in [0.1, 0.15) is 12.2 Å². The van der Waals surface area contributed by atoms with Gasteiger partial charge < -0.3 is 29.6 Å². The van der Waals surface area contributed by atoms with Gasteiger partial charge in [-0.3, -0.25) is 14.4 Å². The van der Waals surface area contributed by atoms with Crippen LogP contribution in [0, 0.1) is 0 Å². The van der Waals surface area contributed by atoms with Crippen LogP contribution in [0.1, 0.15) is 16.1 Å². The predicted octanol–water partition coefficient (Wildman–Crippen LogP) is 0.980. The third kappa shape index (κ3) is 4.01. The molecule has 2 heterocycles. The zero-order chi connectivity index (χ0) is 18.5. The second kappa shape index (κ2) is 7.43. The van der Waals surface area contributed by atoms with Crippen LogP contribution in [0.25, 0.3) is 6.08 Å². The number of carboxylic acid groups (broad SMARTS) is 1. The van der Waals surface area contributed by atoms with Gasteiger partial charge in [-0.2, -0.15) is 0 Å². The Morgan fingerprint density at radius 1 is 1.15 bits per heavy atom. The molecule has 26 heavy (non-hydrogen) atoms. The predicted molar refractivity (Wildman–Crippen MR) is 87.4 cm³/mol. The number of amides is 2. The van der Waals surface area contributed by atoms with Crippen LogP contribution < -0.4 is 20.1 Å². The zero-order valence-corrected chi connectivity index (χ0v) is 13.4. The molecule has 0 fully saturated rings. The first-order valence-corrected chi connectivity index (χ1v) is 7.49. The van der Waals surface area contributed by atoms with E-state index in [1.807, 2.05) is 0 Å². The highest BCUT2D eigenvalue weighted by molar-refractivity contribution is 6.05. The van der Waals surface area contributed by atoms with Gasteiger partial charge in [0.25, 0.3) is 11.8 Å². The molecule has 1 aliphatic rings. The average molecular weight is 358 g/mol. The number of carbonyl (C=O) groups is 3. The number of fused-ring (bicyclic) bond motifs is 1. The third-order valence-electron chi connectivity index (χ3n) is 3.35. The van der Waals surface area contributed by atoms with E-state index < -0.39 is 24.3 Å². The van der Waals surface area contributed by atoms with Crippen LogP contribution in [-0.2, 0) is 9.59 Å². The molecule has 0 bridgehead atoms. The van der Waals surface area contributed by atoms with Crippen LogP contribution in [-0.4, -0.2) is 36.2 Å². The van der Waals surface area contributed by atoms with Crippen molar-refractivity contribution in [2.24, 2.45) is 0 Å². The number of ether oxygens (including phenoxy) is 2. The number of nitrogens with one attached hydrogen (secondary N) is 2. The number of furan rings is 1. The maximum Gasteiger partial charge on any atom is 0.322 e. The van der Waals surface area contributed by atoms with Gasteiger partial charge in [-0.1, -0.05) is 6.07 Å². The van der Waals surface area contributed by atoms with E-state index in [2.05, 4.69) is 10.6 Å². The van der Waals surface area contributed by atoms with Crippen molar-refractivity contribution in [3.05, 3.63) is 53.6 Å². The number of hydrogen-bond acceptors (Lipinski definition) is 6. The Morgan fingerprint density at radius 3 is 2.69 bits per heavy atom. The van der Waals surface area contributed by atoms with Crippen molar-refractivity contribution in [2.45, 2.75) is 0 Å². The molecule has 1 aromatic carbocycles. The molecule has 0 atom stereocenters. The Labute approximate surface area is 147 Å². The number of benzene rings is 1. The number of carboxylic acids is 1. The molecular formula is C17H14N2O7. The smallest absolute Gasteiger partial charge is 0.322 e. The van der Waals surface area contributed by atoms with Crippen molar-refractivity contribution in [3.8, 4) is 11.5 Å². The molecule has 1 aliphatic heterocycles. The number of carbonyl (C=O) groups excluding carboxylic acids is 2. The molecule has 0 radical (unpaired) electrons. The second-order valence-corrected chi connectivity index (χ2v) is 5.18. The molecule has 1 aromatic heterocycles. The number of aliphatic carboxylic acids is 1. The summed E-state index contributed by atoms with van der Waals surface area (Å²) in [6, 6.07) is 7.92. The monoisotopic (exact) mass is 358 g/mol. The molecule has 2 amide bonds. The summed E-state index contributed by atoms with van der Waals surface area (Å²) in [7, 11) is 0. The Bertz CT molecular complexity index is 871. The maximum atomic E-state index is 12.2. The first kappa shape index (κ1) is 17.1. The molecule has 2 aromatic rings. The molecule has 0 aliphatic carbocycles. The lowest BCUT2D eigenvalue weighted by molar-refractivity contribution is -0.137. The molecule has 3 N–H and O–H groups in total. The normalized spacial score (nSPS) is 12.5. The van der Waals surface area contributed by atoms with Crippen LogP contribution in [0.4, 0.5) is 0 Å². The number of hydrogen-bond donors (Lipinski definition) is 3. The quantitative estimate of drug-likeness (QED) is 0.657. The van der Waals surface area contributed by atoms with Crippen LogP contribution >= 0.6 is 0 Å². The summed E-state index contributed by atoms with van der Waals surface area (Å²) in [5.41, 5.74) is 0.404. The molecule has 0 saturated heterocycles. The fourth-order valence-electron chi connectivity index (χ4n) is 2.17. The summed E-state index contributed by atoms with van der Waals surface area (Å²) in [6.07, 6.45) is 2.71. The minimum atomic E-state index is -1.21. The fraction of sp³-hybridized carbons (Fsp3) is 0.118.